The maximum absolute atomic E-state index is 13.9. The summed E-state index contributed by atoms with van der Waals surface area (Å²) in [4.78, 5) is 32.2. The number of esters is 1. The molecule has 1 aliphatic rings. The maximum atomic E-state index is 13.9. The summed E-state index contributed by atoms with van der Waals surface area (Å²) >= 11 is 7.48. The molecule has 0 aliphatic carbocycles. The van der Waals surface area contributed by atoms with E-state index in [0.717, 1.165) is 0 Å². The summed E-state index contributed by atoms with van der Waals surface area (Å²) in [7, 11) is 1.55. The van der Waals surface area contributed by atoms with Gasteiger partial charge in [0.1, 0.15) is 5.75 Å². The number of carbonyl (C=O) groups is 1. The van der Waals surface area contributed by atoms with Gasteiger partial charge in [-0.1, -0.05) is 29.0 Å². The van der Waals surface area contributed by atoms with Gasteiger partial charge in [0.05, 0.1) is 48.3 Å². The van der Waals surface area contributed by atoms with Gasteiger partial charge in [-0.3, -0.25) is 9.36 Å². The number of thiazole rings is 1. The predicted octanol–water partition coefficient (Wildman–Crippen LogP) is 4.65. The molecule has 4 rings (SSSR count). The van der Waals surface area contributed by atoms with Gasteiger partial charge in [0, 0.05) is 10.6 Å². The van der Waals surface area contributed by atoms with Crippen LogP contribution in [0.25, 0.3) is 6.08 Å². The summed E-state index contributed by atoms with van der Waals surface area (Å²) in [6.45, 7) is 9.86. The van der Waals surface area contributed by atoms with Gasteiger partial charge >= 0.3 is 5.97 Å². The van der Waals surface area contributed by atoms with Crippen LogP contribution in [0.15, 0.2) is 57.5 Å². The Bertz CT molecular complexity index is 1600. The van der Waals surface area contributed by atoms with Crippen molar-refractivity contribution in [3.05, 3.63) is 83.5 Å². The third-order valence-electron chi connectivity index (χ3n) is 5.94. The summed E-state index contributed by atoms with van der Waals surface area (Å²) < 4.78 is 24.6. The molecule has 0 saturated heterocycles. The molecule has 1 aliphatic heterocycles. The number of halogens is 1. The van der Waals surface area contributed by atoms with E-state index in [-0.39, 0.29) is 23.8 Å². The van der Waals surface area contributed by atoms with Gasteiger partial charge in [-0.15, -0.1) is 0 Å². The lowest BCUT2D eigenvalue weighted by molar-refractivity contribution is -0.139. The SMILES string of the molecule is CCOC(=O)C1=C(C)N=c2s/c(=C/c3cc(Cl)ccc3OCC)c(=O)n2[C@@H]1c1ccc(OC(C)C)c(OC)c1. The van der Waals surface area contributed by atoms with Crippen molar-refractivity contribution in [1.29, 1.82) is 0 Å². The average Bonchev–Trinajstić information content (AvgIpc) is 3.19. The number of benzene rings is 2. The van der Waals surface area contributed by atoms with Gasteiger partial charge in [0.2, 0.25) is 0 Å². The third-order valence-corrected chi connectivity index (χ3v) is 7.16. The molecule has 0 bridgehead atoms. The first kappa shape index (κ1) is 28.4. The molecular formula is C29H31ClN2O6S. The molecule has 3 aromatic rings. The Morgan fingerprint density at radius 3 is 2.54 bits per heavy atom. The van der Waals surface area contributed by atoms with Crippen molar-refractivity contribution < 1.29 is 23.7 Å². The van der Waals surface area contributed by atoms with Crippen LogP contribution in [0.2, 0.25) is 5.02 Å². The Morgan fingerprint density at radius 2 is 1.87 bits per heavy atom. The van der Waals surface area contributed by atoms with E-state index in [4.69, 9.17) is 30.5 Å². The van der Waals surface area contributed by atoms with Crippen molar-refractivity contribution in [2.24, 2.45) is 4.99 Å². The van der Waals surface area contributed by atoms with E-state index < -0.39 is 12.0 Å². The summed E-state index contributed by atoms with van der Waals surface area (Å²) in [5, 5.41) is 0.520. The Kier molecular flexibility index (Phi) is 8.82. The number of carbonyl (C=O) groups excluding carboxylic acids is 1. The van der Waals surface area contributed by atoms with Crippen LogP contribution in [0.1, 0.15) is 51.8 Å². The smallest absolute Gasteiger partial charge is 0.338 e. The van der Waals surface area contributed by atoms with Crippen LogP contribution in [0.5, 0.6) is 17.2 Å². The van der Waals surface area contributed by atoms with Crippen molar-refractivity contribution >= 4 is 35.0 Å². The summed E-state index contributed by atoms with van der Waals surface area (Å²) in [6.07, 6.45) is 1.68. The van der Waals surface area contributed by atoms with Crippen LogP contribution >= 0.6 is 22.9 Å². The van der Waals surface area contributed by atoms with Gasteiger partial charge in [-0.25, -0.2) is 9.79 Å². The van der Waals surface area contributed by atoms with Crippen molar-refractivity contribution in [3.63, 3.8) is 0 Å². The zero-order valence-electron chi connectivity index (χ0n) is 22.7. The Balaban J connectivity index is 1.96. The minimum atomic E-state index is -0.782. The van der Waals surface area contributed by atoms with Crippen LogP contribution in [0, 0.1) is 0 Å². The molecule has 2 heterocycles. The zero-order chi connectivity index (χ0) is 28.3. The topological polar surface area (TPSA) is 88.4 Å². The molecule has 8 nitrogen and oxygen atoms in total. The van der Waals surface area contributed by atoms with Crippen molar-refractivity contribution in [2.45, 2.75) is 46.8 Å². The van der Waals surface area contributed by atoms with E-state index in [9.17, 15) is 9.59 Å². The molecule has 39 heavy (non-hydrogen) atoms. The first-order valence-electron chi connectivity index (χ1n) is 12.6. The molecule has 0 spiro atoms. The second-order valence-corrected chi connectivity index (χ2v) is 10.4. The molecule has 1 aromatic heterocycles. The van der Waals surface area contributed by atoms with Crippen LogP contribution in [0.4, 0.5) is 0 Å². The summed E-state index contributed by atoms with van der Waals surface area (Å²) in [5.41, 5.74) is 1.79. The van der Waals surface area contributed by atoms with Crippen LogP contribution < -0.4 is 29.1 Å². The van der Waals surface area contributed by atoms with Crippen molar-refractivity contribution in [2.75, 3.05) is 20.3 Å². The molecule has 1 atom stereocenters. The Hall–Kier alpha value is -3.56. The number of ether oxygens (including phenoxy) is 4. The van der Waals surface area contributed by atoms with Gasteiger partial charge in [-0.2, -0.15) is 0 Å². The molecule has 206 valence electrons. The zero-order valence-corrected chi connectivity index (χ0v) is 24.3. The van der Waals surface area contributed by atoms with E-state index in [1.165, 1.54) is 15.9 Å². The lowest BCUT2D eigenvalue weighted by Crippen LogP contribution is -2.40. The minimum absolute atomic E-state index is 0.0623. The fourth-order valence-electron chi connectivity index (χ4n) is 4.37. The lowest BCUT2D eigenvalue weighted by Gasteiger charge is -2.25. The highest BCUT2D eigenvalue weighted by atomic mass is 35.5. The van der Waals surface area contributed by atoms with E-state index in [2.05, 4.69) is 4.99 Å². The molecule has 2 aromatic carbocycles. The number of rotatable bonds is 9. The summed E-state index contributed by atoms with van der Waals surface area (Å²) in [6, 6.07) is 9.85. The predicted molar refractivity (Wildman–Crippen MR) is 152 cm³/mol. The minimum Gasteiger partial charge on any atom is -0.493 e. The highest BCUT2D eigenvalue weighted by Crippen LogP contribution is 2.36. The number of aromatic nitrogens is 1. The van der Waals surface area contributed by atoms with E-state index in [1.54, 1.807) is 57.4 Å². The fraction of sp³-hybridized carbons (Fsp3) is 0.345. The molecule has 0 amide bonds. The highest BCUT2D eigenvalue weighted by Gasteiger charge is 2.34. The van der Waals surface area contributed by atoms with E-state index in [1.807, 2.05) is 26.8 Å². The van der Waals surface area contributed by atoms with Gasteiger partial charge < -0.3 is 18.9 Å². The second kappa shape index (κ2) is 12.1. The Labute approximate surface area is 235 Å². The largest absolute Gasteiger partial charge is 0.493 e. The Morgan fingerprint density at radius 1 is 1.13 bits per heavy atom. The first-order chi connectivity index (χ1) is 18.7. The quantitative estimate of drug-likeness (QED) is 0.348. The van der Waals surface area contributed by atoms with Gasteiger partial charge in [0.25, 0.3) is 5.56 Å². The second-order valence-electron chi connectivity index (χ2n) is 8.99. The molecule has 0 N–H and O–H groups in total. The standard InChI is InChI=1S/C29H31ClN2O6S/c1-7-36-21-12-10-20(30)13-19(21)15-24-27(33)32-26(18-9-11-22(38-16(3)4)23(14-18)35-6)25(28(34)37-8-2)17(5)31-29(32)39-24/h9-16,26H,7-8H2,1-6H3/b24-15+/t26-/m1/s1. The van der Waals surface area contributed by atoms with Crippen molar-refractivity contribution in [3.8, 4) is 17.2 Å². The van der Waals surface area contributed by atoms with E-state index in [0.29, 0.717) is 55.0 Å². The molecule has 0 unspecified atom stereocenters. The normalized spacial score (nSPS) is 15.2. The first-order valence-corrected chi connectivity index (χ1v) is 13.8. The number of nitrogens with zero attached hydrogens (tertiary/aromatic N) is 2. The molecule has 10 heteroatoms. The van der Waals surface area contributed by atoms with Crippen LogP contribution in [-0.4, -0.2) is 37.0 Å². The number of hydrogen-bond acceptors (Lipinski definition) is 8. The molecular weight excluding hydrogens is 540 g/mol. The number of hydrogen-bond donors (Lipinski definition) is 0. The van der Waals surface area contributed by atoms with Crippen molar-refractivity contribution in [1.82, 2.24) is 4.57 Å². The van der Waals surface area contributed by atoms with Crippen LogP contribution in [-0.2, 0) is 9.53 Å². The molecule has 0 saturated carbocycles. The lowest BCUT2D eigenvalue weighted by atomic mass is 9.95. The third kappa shape index (κ3) is 5.89. The number of fused-ring (bicyclic) bond motifs is 1. The fourth-order valence-corrected chi connectivity index (χ4v) is 5.59. The average molecular weight is 571 g/mol. The van der Waals surface area contributed by atoms with Gasteiger partial charge in [-0.05, 0) is 76.6 Å². The number of allylic oxidation sites excluding steroid dienone is 1. The highest BCUT2D eigenvalue weighted by molar-refractivity contribution is 7.07. The summed E-state index contributed by atoms with van der Waals surface area (Å²) in [5.74, 6) is 1.12. The molecule has 0 radical (unpaired) electrons. The van der Waals surface area contributed by atoms with Gasteiger partial charge in [0.15, 0.2) is 16.3 Å². The van der Waals surface area contributed by atoms with Crippen LogP contribution in [0.3, 0.4) is 0 Å². The molecule has 0 fully saturated rings. The van der Waals surface area contributed by atoms with E-state index >= 15 is 0 Å². The monoisotopic (exact) mass is 570 g/mol. The number of methoxy groups -OCH3 is 1. The maximum Gasteiger partial charge on any atom is 0.338 e.